The topological polar surface area (TPSA) is 50.4 Å². The predicted octanol–water partition coefficient (Wildman–Crippen LogP) is 2.05. The number of hydrogen-bond donors (Lipinski definition) is 2. The fourth-order valence-electron chi connectivity index (χ4n) is 2.27. The van der Waals surface area contributed by atoms with Crippen molar-refractivity contribution >= 4 is 18.3 Å². The highest BCUT2D eigenvalue weighted by Crippen LogP contribution is 2.11. The Kier molecular flexibility index (Phi) is 7.59. The highest BCUT2D eigenvalue weighted by Gasteiger charge is 2.15. The summed E-state index contributed by atoms with van der Waals surface area (Å²) in [5.74, 6) is 0.0225. The Hall–Kier alpha value is -1.10. The number of nitrogens with one attached hydrogen (secondary N) is 2. The van der Waals surface area contributed by atoms with Crippen LogP contribution < -0.4 is 10.6 Å². The molecule has 1 aliphatic rings. The molecule has 1 heterocycles. The highest BCUT2D eigenvalue weighted by atomic mass is 35.5. The van der Waals surface area contributed by atoms with Crippen molar-refractivity contribution in [2.24, 2.45) is 0 Å². The van der Waals surface area contributed by atoms with Crippen LogP contribution in [0, 0.1) is 0 Å². The van der Waals surface area contributed by atoms with Gasteiger partial charge in [-0.05, 0) is 25.3 Å². The second-order valence-corrected chi connectivity index (χ2v) is 4.97. The van der Waals surface area contributed by atoms with E-state index in [1.54, 1.807) is 0 Å². The number of carbonyl (C=O) groups is 1. The van der Waals surface area contributed by atoms with Gasteiger partial charge in [-0.1, -0.05) is 30.3 Å². The lowest BCUT2D eigenvalue weighted by Gasteiger charge is -2.15. The summed E-state index contributed by atoms with van der Waals surface area (Å²) in [6.07, 6.45) is 2.50. The lowest BCUT2D eigenvalue weighted by Crippen LogP contribution is -2.38. The molecule has 0 spiro atoms. The number of ether oxygens (including phenoxy) is 1. The van der Waals surface area contributed by atoms with Gasteiger partial charge in [-0.15, -0.1) is 12.4 Å². The average Bonchev–Trinajstić information content (AvgIpc) is 2.93. The zero-order valence-corrected chi connectivity index (χ0v) is 12.6. The van der Waals surface area contributed by atoms with Crippen LogP contribution in [0.1, 0.15) is 31.4 Å². The Morgan fingerprint density at radius 2 is 2.15 bits per heavy atom. The summed E-state index contributed by atoms with van der Waals surface area (Å²) in [4.78, 5) is 11.8. The number of carbonyl (C=O) groups excluding carboxylic acids is 1. The second-order valence-electron chi connectivity index (χ2n) is 4.97. The second kappa shape index (κ2) is 8.95. The van der Waals surface area contributed by atoms with E-state index in [9.17, 15) is 4.79 Å². The number of halogens is 1. The van der Waals surface area contributed by atoms with E-state index < -0.39 is 0 Å². The molecule has 1 amide bonds. The van der Waals surface area contributed by atoms with E-state index in [0.717, 1.165) is 31.6 Å². The third-order valence-electron chi connectivity index (χ3n) is 3.36. The van der Waals surface area contributed by atoms with Crippen molar-refractivity contribution in [3.63, 3.8) is 0 Å². The minimum atomic E-state index is 0. The minimum Gasteiger partial charge on any atom is -0.377 e. The van der Waals surface area contributed by atoms with Crippen molar-refractivity contribution in [2.75, 3.05) is 19.7 Å². The van der Waals surface area contributed by atoms with E-state index in [1.807, 2.05) is 37.3 Å². The highest BCUT2D eigenvalue weighted by molar-refractivity contribution is 5.85. The van der Waals surface area contributed by atoms with E-state index in [0.29, 0.717) is 6.54 Å². The third-order valence-corrected chi connectivity index (χ3v) is 3.36. The van der Waals surface area contributed by atoms with Crippen LogP contribution in [0.4, 0.5) is 0 Å². The lowest BCUT2D eigenvalue weighted by atomic mass is 10.1. The van der Waals surface area contributed by atoms with Gasteiger partial charge >= 0.3 is 0 Å². The molecule has 1 aromatic rings. The van der Waals surface area contributed by atoms with Crippen molar-refractivity contribution in [2.45, 2.75) is 31.9 Å². The van der Waals surface area contributed by atoms with Crippen LogP contribution in [0.3, 0.4) is 0 Å². The summed E-state index contributed by atoms with van der Waals surface area (Å²) >= 11 is 0. The van der Waals surface area contributed by atoms with Gasteiger partial charge in [-0.3, -0.25) is 4.79 Å². The lowest BCUT2D eigenvalue weighted by molar-refractivity contribution is -0.120. The normalized spacial score (nSPS) is 19.1. The maximum atomic E-state index is 11.8. The standard InChI is InChI=1S/C15H22N2O2.ClH/c1-12(13-6-3-2-4-7-13)17-15(18)11-16-10-14-8-5-9-19-14;/h2-4,6-7,12,14,16H,5,8-11H2,1H3,(H,17,18);1H. The summed E-state index contributed by atoms with van der Waals surface area (Å²) in [5, 5.41) is 6.13. The van der Waals surface area contributed by atoms with Gasteiger partial charge in [-0.25, -0.2) is 0 Å². The molecule has 0 saturated carbocycles. The summed E-state index contributed by atoms with van der Waals surface area (Å²) in [6, 6.07) is 10.0. The molecule has 1 aromatic carbocycles. The van der Waals surface area contributed by atoms with Crippen LogP contribution in [0.2, 0.25) is 0 Å². The molecule has 0 bridgehead atoms. The Labute approximate surface area is 126 Å². The minimum absolute atomic E-state index is 0. The molecular weight excluding hydrogens is 276 g/mol. The Balaban J connectivity index is 0.00000200. The van der Waals surface area contributed by atoms with E-state index in [-0.39, 0.29) is 30.5 Å². The van der Waals surface area contributed by atoms with Crippen LogP contribution in [0.5, 0.6) is 0 Å². The smallest absolute Gasteiger partial charge is 0.234 e. The number of hydrogen-bond acceptors (Lipinski definition) is 3. The fourth-order valence-corrected chi connectivity index (χ4v) is 2.27. The molecule has 1 saturated heterocycles. The molecule has 5 heteroatoms. The van der Waals surface area contributed by atoms with Crippen LogP contribution in [0.15, 0.2) is 30.3 Å². The monoisotopic (exact) mass is 298 g/mol. The van der Waals surface area contributed by atoms with Gasteiger partial charge < -0.3 is 15.4 Å². The quantitative estimate of drug-likeness (QED) is 0.845. The molecule has 1 aliphatic heterocycles. The predicted molar refractivity (Wildman–Crippen MR) is 82.1 cm³/mol. The van der Waals surface area contributed by atoms with Gasteiger partial charge in [0, 0.05) is 13.2 Å². The first-order chi connectivity index (χ1) is 9.25. The van der Waals surface area contributed by atoms with Crippen molar-refractivity contribution in [3.8, 4) is 0 Å². The van der Waals surface area contributed by atoms with E-state index in [1.165, 1.54) is 0 Å². The molecule has 2 N–H and O–H groups in total. The molecule has 0 aromatic heterocycles. The van der Waals surface area contributed by atoms with Gasteiger partial charge in [0.05, 0.1) is 18.7 Å². The first-order valence-corrected chi connectivity index (χ1v) is 6.92. The van der Waals surface area contributed by atoms with E-state index >= 15 is 0 Å². The van der Waals surface area contributed by atoms with Gasteiger partial charge in [0.15, 0.2) is 0 Å². The zero-order chi connectivity index (χ0) is 13.5. The maximum Gasteiger partial charge on any atom is 0.234 e. The molecular formula is C15H23ClN2O2. The summed E-state index contributed by atoms with van der Waals surface area (Å²) in [5.41, 5.74) is 1.12. The third kappa shape index (κ3) is 5.49. The first-order valence-electron chi connectivity index (χ1n) is 6.92. The number of rotatable bonds is 6. The molecule has 0 aliphatic carbocycles. The van der Waals surface area contributed by atoms with Crippen LogP contribution in [-0.2, 0) is 9.53 Å². The molecule has 2 unspecified atom stereocenters. The Morgan fingerprint density at radius 1 is 1.40 bits per heavy atom. The molecule has 20 heavy (non-hydrogen) atoms. The summed E-state index contributed by atoms with van der Waals surface area (Å²) in [6.45, 7) is 3.95. The first kappa shape index (κ1) is 17.0. The summed E-state index contributed by atoms with van der Waals surface area (Å²) < 4.78 is 5.49. The number of amides is 1. The SMILES string of the molecule is CC(NC(=O)CNCC1CCCO1)c1ccccc1.Cl. The van der Waals surface area contributed by atoms with Crippen LogP contribution >= 0.6 is 12.4 Å². The molecule has 0 radical (unpaired) electrons. The van der Waals surface area contributed by atoms with Crippen LogP contribution in [-0.4, -0.2) is 31.7 Å². The van der Waals surface area contributed by atoms with Crippen molar-refractivity contribution < 1.29 is 9.53 Å². The molecule has 1 fully saturated rings. The molecule has 112 valence electrons. The van der Waals surface area contributed by atoms with Crippen molar-refractivity contribution in [1.29, 1.82) is 0 Å². The molecule has 2 rings (SSSR count). The van der Waals surface area contributed by atoms with Crippen molar-refractivity contribution in [1.82, 2.24) is 10.6 Å². The Bertz CT molecular complexity index is 394. The van der Waals surface area contributed by atoms with Crippen molar-refractivity contribution in [3.05, 3.63) is 35.9 Å². The van der Waals surface area contributed by atoms with Gasteiger partial charge in [0.25, 0.3) is 0 Å². The van der Waals surface area contributed by atoms with E-state index in [4.69, 9.17) is 4.74 Å². The maximum absolute atomic E-state index is 11.8. The average molecular weight is 299 g/mol. The fraction of sp³-hybridized carbons (Fsp3) is 0.533. The molecule has 2 atom stereocenters. The zero-order valence-electron chi connectivity index (χ0n) is 11.8. The van der Waals surface area contributed by atoms with E-state index in [2.05, 4.69) is 10.6 Å². The Morgan fingerprint density at radius 3 is 2.80 bits per heavy atom. The van der Waals surface area contributed by atoms with Gasteiger partial charge in [-0.2, -0.15) is 0 Å². The number of benzene rings is 1. The largest absolute Gasteiger partial charge is 0.377 e. The van der Waals surface area contributed by atoms with Crippen LogP contribution in [0.25, 0.3) is 0 Å². The molecule has 4 nitrogen and oxygen atoms in total. The van der Waals surface area contributed by atoms with Gasteiger partial charge in [0.1, 0.15) is 0 Å². The van der Waals surface area contributed by atoms with Gasteiger partial charge in [0.2, 0.25) is 5.91 Å². The summed E-state index contributed by atoms with van der Waals surface area (Å²) in [7, 11) is 0.